The van der Waals surface area contributed by atoms with Gasteiger partial charge in [-0.3, -0.25) is 4.57 Å². The standard InChI is InChI=1S/C12H12F2N6O3/c1-5-7-6(13)2-20(10(7)17-4-16-5)11-8(14)9(22)12(3-21,23-11)18-19-15/h2,4,8-9,11,21-22H,3H2,1H3. The predicted molar refractivity (Wildman–Crippen MR) is 72.2 cm³/mol. The second kappa shape index (κ2) is 5.39. The molecule has 1 saturated heterocycles. The van der Waals surface area contributed by atoms with Crippen LogP contribution in [-0.4, -0.2) is 49.4 Å². The molecule has 0 saturated carbocycles. The van der Waals surface area contributed by atoms with Gasteiger partial charge in [0.1, 0.15) is 18.1 Å². The van der Waals surface area contributed by atoms with Gasteiger partial charge < -0.3 is 14.9 Å². The summed E-state index contributed by atoms with van der Waals surface area (Å²) >= 11 is 0. The van der Waals surface area contributed by atoms with Crippen molar-refractivity contribution in [2.24, 2.45) is 5.11 Å². The molecule has 2 aromatic heterocycles. The number of nitrogens with zero attached hydrogens (tertiary/aromatic N) is 6. The molecule has 23 heavy (non-hydrogen) atoms. The van der Waals surface area contributed by atoms with Gasteiger partial charge in [0.15, 0.2) is 18.2 Å². The van der Waals surface area contributed by atoms with Crippen molar-refractivity contribution in [3.05, 3.63) is 34.5 Å². The molecule has 0 amide bonds. The first kappa shape index (κ1) is 15.6. The third-order valence-electron chi connectivity index (χ3n) is 3.83. The molecule has 4 atom stereocenters. The van der Waals surface area contributed by atoms with E-state index in [0.29, 0.717) is 5.69 Å². The average Bonchev–Trinajstić information content (AvgIpc) is 2.99. The third kappa shape index (κ3) is 2.13. The van der Waals surface area contributed by atoms with E-state index in [0.717, 1.165) is 10.8 Å². The summed E-state index contributed by atoms with van der Waals surface area (Å²) in [6.07, 6.45) is -3.38. The summed E-state index contributed by atoms with van der Waals surface area (Å²) in [5.74, 6) is -0.686. The highest BCUT2D eigenvalue weighted by atomic mass is 19.1. The molecule has 0 spiro atoms. The van der Waals surface area contributed by atoms with Crippen LogP contribution >= 0.6 is 0 Å². The van der Waals surface area contributed by atoms with Crippen LogP contribution in [0, 0.1) is 12.7 Å². The lowest BCUT2D eigenvalue weighted by Gasteiger charge is -2.23. The zero-order chi connectivity index (χ0) is 16.8. The first-order chi connectivity index (χ1) is 10.9. The van der Waals surface area contributed by atoms with Gasteiger partial charge in [-0.2, -0.15) is 0 Å². The zero-order valence-electron chi connectivity index (χ0n) is 11.8. The summed E-state index contributed by atoms with van der Waals surface area (Å²) in [7, 11) is 0. The van der Waals surface area contributed by atoms with Gasteiger partial charge in [0, 0.05) is 11.1 Å². The molecule has 4 unspecified atom stereocenters. The first-order valence-corrected chi connectivity index (χ1v) is 6.60. The Hall–Kier alpha value is -2.33. The SMILES string of the molecule is Cc1ncnc2c1c(F)cn2C1OC(CO)(N=[N+]=[N-])C(O)C1F. The van der Waals surface area contributed by atoms with Crippen molar-refractivity contribution >= 4 is 11.0 Å². The third-order valence-corrected chi connectivity index (χ3v) is 3.83. The van der Waals surface area contributed by atoms with Gasteiger partial charge in [-0.15, -0.1) is 0 Å². The highest BCUT2D eigenvalue weighted by molar-refractivity contribution is 5.79. The smallest absolute Gasteiger partial charge is 0.201 e. The van der Waals surface area contributed by atoms with Crippen molar-refractivity contribution in [2.45, 2.75) is 31.2 Å². The Morgan fingerprint density at radius 1 is 1.57 bits per heavy atom. The predicted octanol–water partition coefficient (Wildman–Crippen LogP) is 1.11. The number of hydrogen-bond acceptors (Lipinski definition) is 6. The highest BCUT2D eigenvalue weighted by Gasteiger charge is 2.56. The number of fused-ring (bicyclic) bond motifs is 1. The monoisotopic (exact) mass is 326 g/mol. The topological polar surface area (TPSA) is 129 Å². The number of azide groups is 1. The van der Waals surface area contributed by atoms with Crippen LogP contribution in [-0.2, 0) is 4.74 Å². The minimum Gasteiger partial charge on any atom is -0.393 e. The van der Waals surface area contributed by atoms with Crippen LogP contribution in [0.15, 0.2) is 17.6 Å². The number of rotatable bonds is 3. The van der Waals surface area contributed by atoms with Gasteiger partial charge in [0.05, 0.1) is 17.7 Å². The highest BCUT2D eigenvalue weighted by Crippen LogP contribution is 2.41. The van der Waals surface area contributed by atoms with Crippen molar-refractivity contribution in [3.8, 4) is 0 Å². The summed E-state index contributed by atoms with van der Waals surface area (Å²) in [5.41, 5.74) is 6.77. The van der Waals surface area contributed by atoms with Gasteiger partial charge in [0.2, 0.25) is 5.72 Å². The van der Waals surface area contributed by atoms with Crippen LogP contribution in [0.3, 0.4) is 0 Å². The molecule has 1 aliphatic rings. The molecule has 11 heteroatoms. The van der Waals surface area contributed by atoms with E-state index in [1.807, 2.05) is 0 Å². The summed E-state index contributed by atoms with van der Waals surface area (Å²) in [6, 6.07) is 0. The van der Waals surface area contributed by atoms with Crippen LogP contribution in [0.2, 0.25) is 0 Å². The molecule has 1 fully saturated rings. The van der Waals surface area contributed by atoms with Crippen LogP contribution in [0.25, 0.3) is 21.5 Å². The van der Waals surface area contributed by atoms with Gasteiger partial charge in [-0.1, -0.05) is 5.11 Å². The fourth-order valence-electron chi connectivity index (χ4n) is 2.66. The maximum Gasteiger partial charge on any atom is 0.201 e. The molecule has 2 aromatic rings. The quantitative estimate of drug-likeness (QED) is 0.496. The van der Waals surface area contributed by atoms with E-state index >= 15 is 0 Å². The van der Waals surface area contributed by atoms with Gasteiger partial charge >= 0.3 is 0 Å². The number of aliphatic hydroxyl groups is 2. The van der Waals surface area contributed by atoms with Crippen molar-refractivity contribution in [1.29, 1.82) is 0 Å². The maximum absolute atomic E-state index is 14.5. The van der Waals surface area contributed by atoms with E-state index in [9.17, 15) is 19.0 Å². The Balaban J connectivity index is 2.13. The molecule has 9 nitrogen and oxygen atoms in total. The summed E-state index contributed by atoms with van der Waals surface area (Å²) in [5, 5.41) is 22.5. The van der Waals surface area contributed by atoms with Crippen molar-refractivity contribution in [1.82, 2.24) is 14.5 Å². The van der Waals surface area contributed by atoms with Gasteiger partial charge in [0.25, 0.3) is 0 Å². The number of aromatic nitrogens is 3. The van der Waals surface area contributed by atoms with Crippen molar-refractivity contribution in [2.75, 3.05) is 6.61 Å². The molecule has 3 heterocycles. The van der Waals surface area contributed by atoms with Crippen LogP contribution in [0.1, 0.15) is 11.9 Å². The second-order valence-corrected chi connectivity index (χ2v) is 5.13. The molecule has 3 rings (SSSR count). The zero-order valence-corrected chi connectivity index (χ0v) is 11.8. The van der Waals surface area contributed by atoms with Gasteiger partial charge in [-0.05, 0) is 12.5 Å². The molecule has 0 bridgehead atoms. The molecule has 1 aliphatic heterocycles. The number of aryl methyl sites for hydroxylation is 1. The summed E-state index contributed by atoms with van der Waals surface area (Å²) < 4.78 is 34.8. The molecule has 0 aromatic carbocycles. The molecule has 0 radical (unpaired) electrons. The first-order valence-electron chi connectivity index (χ1n) is 6.60. The number of hydrogen-bond donors (Lipinski definition) is 2. The lowest BCUT2D eigenvalue weighted by Crippen LogP contribution is -2.43. The number of alkyl halides is 1. The fourth-order valence-corrected chi connectivity index (χ4v) is 2.66. The van der Waals surface area contributed by atoms with Gasteiger partial charge in [-0.25, -0.2) is 18.7 Å². The normalized spacial score (nSPS) is 30.6. The Morgan fingerprint density at radius 3 is 2.96 bits per heavy atom. The Kier molecular flexibility index (Phi) is 3.65. The van der Waals surface area contributed by atoms with E-state index < -0.39 is 36.7 Å². The largest absolute Gasteiger partial charge is 0.393 e. The maximum atomic E-state index is 14.5. The van der Waals surface area contributed by atoms with Crippen molar-refractivity contribution < 1.29 is 23.7 Å². The summed E-state index contributed by atoms with van der Waals surface area (Å²) in [6.45, 7) is 0.623. The lowest BCUT2D eigenvalue weighted by molar-refractivity contribution is -0.122. The Bertz CT molecular complexity index is 807. The molecular formula is C12H12F2N6O3. The van der Waals surface area contributed by atoms with Crippen LogP contribution in [0.4, 0.5) is 8.78 Å². The molecule has 0 aliphatic carbocycles. The number of halogens is 2. The number of aliphatic hydroxyl groups excluding tert-OH is 2. The Morgan fingerprint density at radius 2 is 2.30 bits per heavy atom. The van der Waals surface area contributed by atoms with Crippen LogP contribution in [0.5, 0.6) is 0 Å². The lowest BCUT2D eigenvalue weighted by atomic mass is 10.1. The minimum absolute atomic E-state index is 0.0597. The van der Waals surface area contributed by atoms with E-state index in [4.69, 9.17) is 10.3 Å². The molecular weight excluding hydrogens is 314 g/mol. The Labute approximate surface area is 127 Å². The number of ether oxygens (including phenoxy) is 1. The molecule has 122 valence electrons. The second-order valence-electron chi connectivity index (χ2n) is 5.13. The summed E-state index contributed by atoms with van der Waals surface area (Å²) in [4.78, 5) is 10.2. The average molecular weight is 326 g/mol. The van der Waals surface area contributed by atoms with Crippen molar-refractivity contribution in [3.63, 3.8) is 0 Å². The van der Waals surface area contributed by atoms with E-state index in [-0.39, 0.29) is 11.0 Å². The van der Waals surface area contributed by atoms with E-state index in [1.165, 1.54) is 6.33 Å². The van der Waals surface area contributed by atoms with Crippen LogP contribution < -0.4 is 0 Å². The van der Waals surface area contributed by atoms with E-state index in [2.05, 4.69) is 20.0 Å². The molecule has 2 N–H and O–H groups in total. The fraction of sp³-hybridized carbons (Fsp3) is 0.500. The minimum atomic E-state index is -2.19. The van der Waals surface area contributed by atoms with E-state index in [1.54, 1.807) is 6.92 Å².